The lowest BCUT2D eigenvalue weighted by Crippen LogP contribution is -2.37. The van der Waals surface area contributed by atoms with Crippen LogP contribution in [0.25, 0.3) is 31.5 Å². The highest BCUT2D eigenvalue weighted by molar-refractivity contribution is 6.77. The molecule has 6 heteroatoms. The average Bonchev–Trinajstić information content (AvgIpc) is 2.66. The predicted molar refractivity (Wildman–Crippen MR) is 163 cm³/mol. The Morgan fingerprint density at radius 2 is 0.722 bits per heavy atom. The summed E-state index contributed by atoms with van der Waals surface area (Å²) in [6.45, 7) is 26.2. The topological polar surface area (TPSA) is 52.9 Å². The monoisotopic (exact) mass is 516 g/mol. The smallest absolute Gasteiger partial charge is 0.0183 e. The van der Waals surface area contributed by atoms with Gasteiger partial charge in [-0.15, -0.1) is 0 Å². The summed E-state index contributed by atoms with van der Waals surface area (Å²) in [5.41, 5.74) is -0.714. The predicted octanol–water partition coefficient (Wildman–Crippen LogP) is 7.86. The second-order valence-electron chi connectivity index (χ2n) is 13.6. The molecular formula is C30H44N4Si2-2. The zero-order chi connectivity index (χ0) is 27.1. The van der Waals surface area contributed by atoms with Crippen molar-refractivity contribution in [2.75, 3.05) is 0 Å². The molecule has 3 aromatic rings. The van der Waals surface area contributed by atoms with Crippen LogP contribution in [0, 0.1) is 0 Å². The van der Waals surface area contributed by atoms with E-state index >= 15 is 0 Å². The Hall–Kier alpha value is -2.19. The minimum atomic E-state index is -1.60. The summed E-state index contributed by atoms with van der Waals surface area (Å²) in [6, 6.07) is 17.6. The van der Waals surface area contributed by atoms with Crippen LogP contribution in [0.5, 0.6) is 0 Å². The molecule has 0 aliphatic rings. The van der Waals surface area contributed by atoms with Gasteiger partial charge in [0.05, 0.1) is 0 Å². The first-order chi connectivity index (χ1) is 16.3. The van der Waals surface area contributed by atoms with E-state index in [4.69, 9.17) is 19.2 Å². The lowest BCUT2D eigenvalue weighted by Gasteiger charge is -2.38. The van der Waals surface area contributed by atoms with Gasteiger partial charge in [0.25, 0.3) is 0 Å². The molecule has 0 aliphatic heterocycles. The average molecular weight is 517 g/mol. The largest absolute Gasteiger partial charge is 0.476 e. The summed E-state index contributed by atoms with van der Waals surface area (Å²) in [5, 5.41) is 7.56. The molecule has 0 amide bonds. The van der Waals surface area contributed by atoms with Crippen LogP contribution in [0.4, 0.5) is 0 Å². The Morgan fingerprint density at radius 3 is 0.917 bits per heavy atom. The molecule has 0 unspecified atom stereocenters. The molecule has 0 aromatic heterocycles. The quantitative estimate of drug-likeness (QED) is 0.250. The molecular weight excluding hydrogens is 473 g/mol. The fourth-order valence-electron chi connectivity index (χ4n) is 4.15. The van der Waals surface area contributed by atoms with Gasteiger partial charge in [0.15, 0.2) is 0 Å². The van der Waals surface area contributed by atoms with Crippen molar-refractivity contribution in [2.24, 2.45) is 9.27 Å². The van der Waals surface area contributed by atoms with Crippen LogP contribution in [-0.2, 0) is 0 Å². The van der Waals surface area contributed by atoms with Gasteiger partial charge in [-0.3, -0.25) is 0 Å². The fraction of sp³-hybridized carbons (Fsp3) is 0.533. The molecule has 0 bridgehead atoms. The Bertz CT molecular complexity index is 1150. The third-order valence-electron chi connectivity index (χ3n) is 5.14. The fourth-order valence-corrected chi connectivity index (χ4v) is 9.08. The van der Waals surface area contributed by atoms with E-state index in [0.29, 0.717) is 0 Å². The maximum Gasteiger partial charge on any atom is 0.0183 e. The van der Waals surface area contributed by atoms with Gasteiger partial charge in [-0.1, -0.05) is 132 Å². The molecule has 0 N–H and O–H groups in total. The molecule has 3 rings (SSSR count). The molecule has 0 radical (unpaired) electrons. The molecule has 4 nitrogen and oxygen atoms in total. The molecule has 0 saturated carbocycles. The van der Waals surface area contributed by atoms with Crippen LogP contribution in [0.3, 0.4) is 0 Å². The Kier molecular flexibility index (Phi) is 7.83. The van der Waals surface area contributed by atoms with Crippen molar-refractivity contribution < 1.29 is 0 Å². The molecule has 0 aliphatic carbocycles. The van der Waals surface area contributed by atoms with Gasteiger partial charge in [0.2, 0.25) is 0 Å². The summed E-state index contributed by atoms with van der Waals surface area (Å²) < 4.78 is 10.7. The minimum Gasteiger partial charge on any atom is -0.476 e. The molecule has 0 atom stereocenters. The van der Waals surface area contributed by atoms with Crippen LogP contribution >= 0.6 is 0 Å². The number of benzene rings is 3. The molecule has 0 fully saturated rings. The van der Waals surface area contributed by atoms with E-state index in [-0.39, 0.29) is 22.2 Å². The van der Waals surface area contributed by atoms with E-state index in [2.05, 4.69) is 132 Å². The molecule has 0 heterocycles. The first-order valence-electron chi connectivity index (χ1n) is 12.9. The van der Waals surface area contributed by atoms with Crippen molar-refractivity contribution in [3.63, 3.8) is 0 Å². The number of hydrogen-bond donors (Lipinski definition) is 0. The summed E-state index contributed by atoms with van der Waals surface area (Å²) in [7, 11) is -3.20. The standard InChI is InChI=1S/C30H44N4Si2/c1-27(2,3)31-35(32-28(4,5)6)25-21-17-13-15-19-23(21)26(24-20-16-14-18-22(24)25)36(33-29(7,8)9)34-30(10,11)12/h13-20H,1-12H3/q-2. The van der Waals surface area contributed by atoms with Crippen LogP contribution in [0.15, 0.2) is 57.8 Å². The summed E-state index contributed by atoms with van der Waals surface area (Å²) in [5.74, 6) is 0. The highest BCUT2D eigenvalue weighted by Crippen LogP contribution is 2.27. The lowest BCUT2D eigenvalue weighted by molar-refractivity contribution is 0.585. The summed E-state index contributed by atoms with van der Waals surface area (Å²) in [4.78, 5) is 10.7. The third-order valence-corrected chi connectivity index (χ3v) is 10.6. The van der Waals surface area contributed by atoms with Gasteiger partial charge >= 0.3 is 0 Å². The lowest BCUT2D eigenvalue weighted by atomic mass is 10.0. The zero-order valence-corrected chi connectivity index (χ0v) is 26.4. The zero-order valence-electron chi connectivity index (χ0n) is 24.4. The molecule has 0 spiro atoms. The van der Waals surface area contributed by atoms with Crippen LogP contribution < -0.4 is 10.4 Å². The maximum absolute atomic E-state index is 5.35. The van der Waals surface area contributed by atoms with Crippen molar-refractivity contribution in [3.05, 3.63) is 58.5 Å². The summed E-state index contributed by atoms with van der Waals surface area (Å²) >= 11 is 0. The van der Waals surface area contributed by atoms with Gasteiger partial charge in [-0.05, 0) is 54.1 Å². The normalized spacial score (nSPS) is 14.4. The number of nitrogens with zero attached hydrogens (tertiary/aromatic N) is 4. The maximum atomic E-state index is 5.35. The van der Waals surface area contributed by atoms with Gasteiger partial charge < -0.3 is 19.2 Å². The molecule has 36 heavy (non-hydrogen) atoms. The SMILES string of the molecule is CC(C)(C)N=[Si]([N-]C(C)(C)C)c1c2ccccc2c([Si](=NC(C)(C)C)[N-]C(C)(C)C)c2ccccc12. The van der Waals surface area contributed by atoms with E-state index in [1.165, 1.54) is 31.9 Å². The molecule has 3 aromatic carbocycles. The molecule has 194 valence electrons. The Labute approximate surface area is 222 Å². The van der Waals surface area contributed by atoms with E-state index < -0.39 is 17.5 Å². The second kappa shape index (κ2) is 9.94. The third kappa shape index (κ3) is 7.42. The van der Waals surface area contributed by atoms with Crippen LogP contribution in [0.1, 0.15) is 83.1 Å². The first-order valence-corrected chi connectivity index (χ1v) is 15.7. The Balaban J connectivity index is 2.55. The first kappa shape index (κ1) is 28.4. The van der Waals surface area contributed by atoms with Crippen molar-refractivity contribution in [1.82, 2.24) is 0 Å². The minimum absolute atomic E-state index is 0.179. The summed E-state index contributed by atoms with van der Waals surface area (Å²) in [6.07, 6.45) is 0. The van der Waals surface area contributed by atoms with Crippen molar-refractivity contribution in [1.29, 1.82) is 0 Å². The van der Waals surface area contributed by atoms with Crippen LogP contribution in [-0.4, -0.2) is 39.7 Å². The van der Waals surface area contributed by atoms with Crippen molar-refractivity contribution in [3.8, 4) is 0 Å². The molecule has 0 saturated heterocycles. The van der Waals surface area contributed by atoms with Gasteiger partial charge in [-0.25, -0.2) is 0 Å². The van der Waals surface area contributed by atoms with E-state index in [9.17, 15) is 0 Å². The van der Waals surface area contributed by atoms with Crippen molar-refractivity contribution >= 4 is 49.4 Å². The van der Waals surface area contributed by atoms with E-state index in [0.717, 1.165) is 0 Å². The van der Waals surface area contributed by atoms with Crippen LogP contribution in [0.2, 0.25) is 0 Å². The van der Waals surface area contributed by atoms with Gasteiger partial charge in [0.1, 0.15) is 0 Å². The number of rotatable bonds is 4. The van der Waals surface area contributed by atoms with Crippen molar-refractivity contribution in [2.45, 2.75) is 105 Å². The van der Waals surface area contributed by atoms with Gasteiger partial charge in [-0.2, -0.15) is 0 Å². The number of fused-ring (bicyclic) bond motifs is 2. The second-order valence-corrected chi connectivity index (χ2v) is 16.8. The number of hydrogen-bond acceptors (Lipinski definition) is 2. The highest BCUT2D eigenvalue weighted by Gasteiger charge is 2.20. The van der Waals surface area contributed by atoms with E-state index in [1.54, 1.807) is 0 Å². The van der Waals surface area contributed by atoms with E-state index in [1.807, 2.05) is 0 Å². The van der Waals surface area contributed by atoms with Gasteiger partial charge in [0, 0.05) is 17.5 Å². The Morgan fingerprint density at radius 1 is 0.472 bits per heavy atom. The highest BCUT2D eigenvalue weighted by atomic mass is 28.3.